The van der Waals surface area contributed by atoms with Gasteiger partial charge in [-0.3, -0.25) is 14.5 Å². The molecule has 1 aromatic rings. The van der Waals surface area contributed by atoms with Crippen LogP contribution in [0.4, 0.5) is 18.0 Å². The molecule has 1 saturated heterocycles. The molecule has 4 amide bonds. The summed E-state index contributed by atoms with van der Waals surface area (Å²) in [7, 11) is 5.21. The molecule has 1 aliphatic rings. The van der Waals surface area contributed by atoms with Crippen molar-refractivity contribution < 1.29 is 27.6 Å². The second-order valence-corrected chi connectivity index (χ2v) is 7.60. The number of hydrogen-bond donors (Lipinski definition) is 0. The molecule has 0 atom stereocenters. The van der Waals surface area contributed by atoms with Crippen molar-refractivity contribution in [2.75, 3.05) is 47.3 Å². The van der Waals surface area contributed by atoms with Crippen LogP contribution in [0.25, 0.3) is 0 Å². The fourth-order valence-corrected chi connectivity index (χ4v) is 3.11. The molecule has 0 unspecified atom stereocenters. The fourth-order valence-electron chi connectivity index (χ4n) is 3.11. The summed E-state index contributed by atoms with van der Waals surface area (Å²) in [6.07, 6.45) is -4.06. The number of nitrogens with zero attached hydrogens (tertiary/aromatic N) is 4. The molecule has 7 nitrogen and oxygen atoms in total. The van der Waals surface area contributed by atoms with Gasteiger partial charge in [0.1, 0.15) is 6.54 Å². The Bertz CT molecular complexity index is 783. The molecule has 0 bridgehead atoms. The van der Waals surface area contributed by atoms with E-state index in [0.717, 1.165) is 17.0 Å². The first kappa shape index (κ1) is 23.7. The summed E-state index contributed by atoms with van der Waals surface area (Å²) in [5.74, 6) is -0.537. The number of hydrogen-bond acceptors (Lipinski definition) is 4. The number of alkyl halides is 3. The normalized spacial score (nSPS) is 14.8. The molecular weight excluding hydrogens is 401 g/mol. The van der Waals surface area contributed by atoms with Crippen LogP contribution >= 0.6 is 0 Å². The van der Waals surface area contributed by atoms with E-state index in [-0.39, 0.29) is 43.9 Å². The Labute approximate surface area is 174 Å². The smallest absolute Gasteiger partial charge is 0.337 e. The first-order chi connectivity index (χ1) is 14.0. The summed E-state index contributed by atoms with van der Waals surface area (Å²) in [6.45, 7) is 1.13. The van der Waals surface area contributed by atoms with Crippen molar-refractivity contribution in [1.29, 1.82) is 0 Å². The quantitative estimate of drug-likeness (QED) is 0.566. The number of urea groups is 1. The molecule has 0 N–H and O–H groups in total. The minimum atomic E-state index is -4.45. The van der Waals surface area contributed by atoms with Crippen molar-refractivity contribution >= 4 is 17.8 Å². The van der Waals surface area contributed by atoms with Crippen molar-refractivity contribution in [3.63, 3.8) is 0 Å². The number of imide groups is 1. The van der Waals surface area contributed by atoms with Gasteiger partial charge in [0.15, 0.2) is 0 Å². The number of amides is 4. The molecular formula is C20H27F3N4O3. The molecule has 10 heteroatoms. The summed E-state index contributed by atoms with van der Waals surface area (Å²) in [4.78, 5) is 42.2. The molecule has 2 rings (SSSR count). The summed E-state index contributed by atoms with van der Waals surface area (Å²) in [5, 5.41) is 0. The standard InChI is InChI=1S/C20H27F3N4O3/c1-24(2)10-11-26(13-15-6-4-7-16(12-15)20(21,22)23)17(28)8-5-9-27-18(29)14-25(3)19(27)30/h4,6-7,12H,5,8-11,13-14H2,1-3H3. The van der Waals surface area contributed by atoms with Crippen molar-refractivity contribution in [2.24, 2.45) is 0 Å². The minimum absolute atomic E-state index is 0.0251. The van der Waals surface area contributed by atoms with Gasteiger partial charge in [-0.05, 0) is 38.2 Å². The van der Waals surface area contributed by atoms with Crippen LogP contribution in [0.1, 0.15) is 24.0 Å². The van der Waals surface area contributed by atoms with Crippen LogP contribution in [0.3, 0.4) is 0 Å². The van der Waals surface area contributed by atoms with Crippen LogP contribution in [0.5, 0.6) is 0 Å². The van der Waals surface area contributed by atoms with Crippen LogP contribution in [0.15, 0.2) is 24.3 Å². The highest BCUT2D eigenvalue weighted by atomic mass is 19.4. The van der Waals surface area contributed by atoms with Crippen molar-refractivity contribution in [1.82, 2.24) is 19.6 Å². The van der Waals surface area contributed by atoms with Gasteiger partial charge in [-0.2, -0.15) is 13.2 Å². The van der Waals surface area contributed by atoms with Crippen LogP contribution in [-0.4, -0.2) is 84.8 Å². The van der Waals surface area contributed by atoms with Crippen LogP contribution < -0.4 is 0 Å². The van der Waals surface area contributed by atoms with Gasteiger partial charge in [0.25, 0.3) is 0 Å². The topological polar surface area (TPSA) is 64.2 Å². The average molecular weight is 428 g/mol. The molecule has 0 saturated carbocycles. The van der Waals surface area contributed by atoms with Gasteiger partial charge in [-0.25, -0.2) is 4.79 Å². The van der Waals surface area contributed by atoms with Crippen LogP contribution in [0, 0.1) is 0 Å². The molecule has 166 valence electrons. The Hall–Kier alpha value is -2.62. The summed E-state index contributed by atoms with van der Waals surface area (Å²) >= 11 is 0. The highest BCUT2D eigenvalue weighted by Crippen LogP contribution is 2.29. The van der Waals surface area contributed by atoms with E-state index in [1.165, 1.54) is 22.9 Å². The number of carbonyl (C=O) groups is 3. The van der Waals surface area contributed by atoms with E-state index in [1.54, 1.807) is 6.07 Å². The Balaban J connectivity index is 2.00. The zero-order chi connectivity index (χ0) is 22.5. The summed E-state index contributed by atoms with van der Waals surface area (Å²) in [6, 6.07) is 4.54. The van der Waals surface area contributed by atoms with E-state index in [4.69, 9.17) is 0 Å². The third-order valence-corrected chi connectivity index (χ3v) is 4.80. The Morgan fingerprint density at radius 3 is 2.43 bits per heavy atom. The first-order valence-electron chi connectivity index (χ1n) is 9.63. The largest absolute Gasteiger partial charge is 0.416 e. The fraction of sp³-hybridized carbons (Fsp3) is 0.550. The summed E-state index contributed by atoms with van der Waals surface area (Å²) < 4.78 is 38.9. The van der Waals surface area contributed by atoms with E-state index in [2.05, 4.69) is 0 Å². The van der Waals surface area contributed by atoms with Gasteiger partial charge in [0, 0.05) is 39.6 Å². The van der Waals surface area contributed by atoms with Crippen molar-refractivity contribution in [3.05, 3.63) is 35.4 Å². The van der Waals surface area contributed by atoms with E-state index >= 15 is 0 Å². The zero-order valence-electron chi connectivity index (χ0n) is 17.4. The van der Waals surface area contributed by atoms with Gasteiger partial charge < -0.3 is 14.7 Å². The lowest BCUT2D eigenvalue weighted by molar-refractivity contribution is -0.137. The van der Waals surface area contributed by atoms with E-state index in [0.29, 0.717) is 25.1 Å². The SMILES string of the molecule is CN(C)CCN(Cc1cccc(C(F)(F)F)c1)C(=O)CCCN1C(=O)CN(C)C1=O. The Morgan fingerprint density at radius 2 is 1.87 bits per heavy atom. The molecule has 0 spiro atoms. The molecule has 0 radical (unpaired) electrons. The molecule has 1 aliphatic heterocycles. The molecule has 0 aliphatic carbocycles. The minimum Gasteiger partial charge on any atom is -0.337 e. The van der Waals surface area contributed by atoms with Gasteiger partial charge >= 0.3 is 12.2 Å². The lowest BCUT2D eigenvalue weighted by Gasteiger charge is -2.25. The van der Waals surface area contributed by atoms with Crippen molar-refractivity contribution in [2.45, 2.75) is 25.6 Å². The third kappa shape index (κ3) is 6.45. The maximum atomic E-state index is 13.0. The molecule has 30 heavy (non-hydrogen) atoms. The lowest BCUT2D eigenvalue weighted by Crippen LogP contribution is -2.37. The van der Waals surface area contributed by atoms with Crippen LogP contribution in [0.2, 0.25) is 0 Å². The highest BCUT2D eigenvalue weighted by Gasteiger charge is 2.33. The van der Waals surface area contributed by atoms with Gasteiger partial charge in [0.05, 0.1) is 5.56 Å². The Kier molecular flexibility index (Phi) is 7.83. The van der Waals surface area contributed by atoms with Gasteiger partial charge in [0.2, 0.25) is 11.8 Å². The molecule has 1 aromatic carbocycles. The number of likely N-dealkylation sites (N-methyl/N-ethyl adjacent to an activating group) is 2. The second kappa shape index (κ2) is 9.92. The van der Waals surface area contributed by atoms with E-state index in [1.807, 2.05) is 19.0 Å². The van der Waals surface area contributed by atoms with Crippen LogP contribution in [-0.2, 0) is 22.3 Å². The third-order valence-electron chi connectivity index (χ3n) is 4.80. The highest BCUT2D eigenvalue weighted by molar-refractivity contribution is 6.01. The first-order valence-corrected chi connectivity index (χ1v) is 9.63. The number of halogens is 3. The predicted molar refractivity (Wildman–Crippen MR) is 104 cm³/mol. The molecule has 1 fully saturated rings. The maximum absolute atomic E-state index is 13.0. The maximum Gasteiger partial charge on any atom is 0.416 e. The van der Waals surface area contributed by atoms with Crippen molar-refractivity contribution in [3.8, 4) is 0 Å². The average Bonchev–Trinajstić information content (AvgIpc) is 2.90. The monoisotopic (exact) mass is 428 g/mol. The van der Waals surface area contributed by atoms with Gasteiger partial charge in [-0.15, -0.1) is 0 Å². The second-order valence-electron chi connectivity index (χ2n) is 7.60. The lowest BCUT2D eigenvalue weighted by atomic mass is 10.1. The molecule has 0 aromatic heterocycles. The number of benzene rings is 1. The zero-order valence-corrected chi connectivity index (χ0v) is 17.4. The number of rotatable bonds is 9. The van der Waals surface area contributed by atoms with E-state index < -0.39 is 11.7 Å². The number of carbonyl (C=O) groups excluding carboxylic acids is 3. The summed E-state index contributed by atoms with van der Waals surface area (Å²) in [5.41, 5.74) is -0.362. The molecule has 1 heterocycles. The predicted octanol–water partition coefficient (Wildman–Crippen LogP) is 2.27. The Morgan fingerprint density at radius 1 is 1.17 bits per heavy atom. The van der Waals surface area contributed by atoms with Gasteiger partial charge in [-0.1, -0.05) is 12.1 Å². The van der Waals surface area contributed by atoms with E-state index in [9.17, 15) is 27.6 Å².